The molecule has 0 bridgehead atoms. The third kappa shape index (κ3) is 1.39. The molecule has 3 rings (SSSR count). The fraction of sp³-hybridized carbons (Fsp3) is 0.250. The minimum atomic E-state index is 0.649. The number of nitrogens with zero attached hydrogens (tertiary/aromatic N) is 2. The van der Waals surface area contributed by atoms with Crippen molar-refractivity contribution in [3.63, 3.8) is 0 Å². The Labute approximate surface area is 90.4 Å². The molecule has 2 heterocycles. The van der Waals surface area contributed by atoms with Crippen LogP contribution < -0.4 is 10.3 Å². The Kier molecular flexibility index (Phi) is 1.91. The van der Waals surface area contributed by atoms with Crippen LogP contribution in [0.15, 0.2) is 42.7 Å². The Morgan fingerprint density at radius 3 is 2.93 bits per heavy atom. The highest BCUT2D eigenvalue weighted by molar-refractivity contribution is 6.52. The van der Waals surface area contributed by atoms with E-state index in [0.717, 1.165) is 6.54 Å². The van der Waals surface area contributed by atoms with Crippen molar-refractivity contribution in [2.45, 2.75) is 19.3 Å². The van der Waals surface area contributed by atoms with Gasteiger partial charge in [0.2, 0.25) is 0 Å². The van der Waals surface area contributed by atoms with Crippen molar-refractivity contribution in [1.29, 1.82) is 0 Å². The Hall–Kier alpha value is -1.51. The monoisotopic (exact) mass is 196 g/mol. The van der Waals surface area contributed by atoms with Crippen LogP contribution >= 0.6 is 0 Å². The van der Waals surface area contributed by atoms with Crippen LogP contribution in [0.3, 0.4) is 0 Å². The fourth-order valence-electron chi connectivity index (χ4n) is 2.19. The van der Waals surface area contributed by atoms with E-state index in [1.54, 1.807) is 0 Å². The molecule has 3 heteroatoms. The Morgan fingerprint density at radius 1 is 1.33 bits per heavy atom. The number of imidazole rings is 1. The molecule has 0 unspecified atom stereocenters. The maximum absolute atomic E-state index is 2.33. The second-order valence-electron chi connectivity index (χ2n) is 4.16. The molecule has 1 aliphatic rings. The van der Waals surface area contributed by atoms with Gasteiger partial charge in [-0.05, 0) is 12.1 Å². The Bertz CT molecular complexity index is 476. The molecule has 0 aliphatic carbocycles. The van der Waals surface area contributed by atoms with E-state index in [0.29, 0.717) is 5.82 Å². The molecule has 74 valence electrons. The van der Waals surface area contributed by atoms with E-state index in [1.165, 1.54) is 11.4 Å². The molecule has 2 nitrogen and oxygen atoms in total. The van der Waals surface area contributed by atoms with Gasteiger partial charge in [0, 0.05) is 5.72 Å². The van der Waals surface area contributed by atoms with Crippen LogP contribution in [0.1, 0.15) is 6.92 Å². The van der Waals surface area contributed by atoms with Gasteiger partial charge >= 0.3 is 0 Å². The van der Waals surface area contributed by atoms with Gasteiger partial charge in [-0.25, -0.2) is 4.57 Å². The number of rotatable bonds is 1. The summed E-state index contributed by atoms with van der Waals surface area (Å²) < 4.78 is 4.54. The lowest BCUT2D eigenvalue weighted by molar-refractivity contribution is -0.672. The molecular weight excluding hydrogens is 183 g/mol. The summed E-state index contributed by atoms with van der Waals surface area (Å²) in [4.78, 5) is 0. The molecule has 1 aliphatic heterocycles. The summed E-state index contributed by atoms with van der Waals surface area (Å²) >= 11 is 0. The van der Waals surface area contributed by atoms with Crippen molar-refractivity contribution in [3.05, 3.63) is 42.7 Å². The normalized spacial score (nSPS) is 19.1. The van der Waals surface area contributed by atoms with E-state index >= 15 is 0 Å². The van der Waals surface area contributed by atoms with Crippen LogP contribution in [0.5, 0.6) is 0 Å². The standard InChI is InChI=1S/C12H13BN2/c1-10-9-14-7-8-15(12(14)13-10)11-5-3-2-4-6-11/h2-8,10H,9H2,1H3/t10-/m1/s1. The van der Waals surface area contributed by atoms with Crippen LogP contribution in [0.25, 0.3) is 5.69 Å². The van der Waals surface area contributed by atoms with Crippen molar-refractivity contribution in [2.75, 3.05) is 0 Å². The average Bonchev–Trinajstić information content (AvgIpc) is 2.77. The molecule has 15 heavy (non-hydrogen) atoms. The summed E-state index contributed by atoms with van der Waals surface area (Å²) in [5.41, 5.74) is 2.53. The second-order valence-corrected chi connectivity index (χ2v) is 4.16. The topological polar surface area (TPSA) is 8.81 Å². The first-order valence-corrected chi connectivity index (χ1v) is 5.36. The Balaban J connectivity index is 2.08. The summed E-state index contributed by atoms with van der Waals surface area (Å²) in [6.45, 7) is 3.36. The minimum absolute atomic E-state index is 0.649. The maximum atomic E-state index is 2.33. The maximum Gasteiger partial charge on any atom is 0.131 e. The van der Waals surface area contributed by atoms with Gasteiger partial charge in [-0.1, -0.05) is 25.1 Å². The molecule has 0 amide bonds. The van der Waals surface area contributed by atoms with E-state index < -0.39 is 0 Å². The molecule has 1 atom stereocenters. The van der Waals surface area contributed by atoms with Gasteiger partial charge in [-0.3, -0.25) is 4.57 Å². The number of aromatic nitrogens is 2. The summed E-state index contributed by atoms with van der Waals surface area (Å²) in [5, 5.41) is 0. The second kappa shape index (κ2) is 3.26. The lowest BCUT2D eigenvalue weighted by atomic mass is 9.67. The molecular formula is C12H13BN2. The number of hydrogen-bond donors (Lipinski definition) is 0. The van der Waals surface area contributed by atoms with Crippen molar-refractivity contribution in [2.24, 2.45) is 0 Å². The van der Waals surface area contributed by atoms with E-state index in [-0.39, 0.29) is 0 Å². The predicted octanol–water partition coefficient (Wildman–Crippen LogP) is 0.916. The lowest BCUT2D eigenvalue weighted by Gasteiger charge is -2.08. The molecule has 1 aromatic heterocycles. The van der Waals surface area contributed by atoms with Crippen LogP contribution in [-0.4, -0.2) is 11.8 Å². The van der Waals surface area contributed by atoms with Gasteiger partial charge in [0.25, 0.3) is 0 Å². The zero-order valence-electron chi connectivity index (χ0n) is 8.80. The van der Waals surface area contributed by atoms with Gasteiger partial charge in [-0.2, -0.15) is 13.1 Å². The number of hydrogen-bond acceptors (Lipinski definition) is 0. The van der Waals surface area contributed by atoms with E-state index in [4.69, 9.17) is 0 Å². The highest BCUT2D eigenvalue weighted by Gasteiger charge is 2.16. The van der Waals surface area contributed by atoms with E-state index in [2.05, 4.69) is 60.0 Å². The molecule has 0 N–H and O–H groups in total. The predicted molar refractivity (Wildman–Crippen MR) is 60.8 cm³/mol. The Morgan fingerprint density at radius 2 is 2.13 bits per heavy atom. The zero-order valence-corrected chi connectivity index (χ0v) is 8.80. The summed E-state index contributed by atoms with van der Waals surface area (Å²) in [6.07, 6.45) is 4.29. The minimum Gasteiger partial charge on any atom is -0.280 e. The van der Waals surface area contributed by atoms with Crippen molar-refractivity contribution in [1.82, 2.24) is 4.57 Å². The van der Waals surface area contributed by atoms with Crippen LogP contribution in [0.2, 0.25) is 5.82 Å². The van der Waals surface area contributed by atoms with Crippen molar-refractivity contribution < 1.29 is 4.57 Å². The first kappa shape index (κ1) is 8.78. The van der Waals surface area contributed by atoms with Gasteiger partial charge in [0.05, 0.1) is 6.54 Å². The SMILES string of the molecule is C[C@H]1[B-]c2n(-c3ccccc3)cc[n+]2C1. The highest BCUT2D eigenvalue weighted by Crippen LogP contribution is 2.10. The number of benzene rings is 1. The van der Waals surface area contributed by atoms with Crippen molar-refractivity contribution >= 4 is 13.0 Å². The van der Waals surface area contributed by atoms with Gasteiger partial charge < -0.3 is 0 Å². The fourth-order valence-corrected chi connectivity index (χ4v) is 2.19. The van der Waals surface area contributed by atoms with Gasteiger partial charge in [0.1, 0.15) is 18.1 Å². The molecule has 2 aromatic rings. The van der Waals surface area contributed by atoms with Crippen LogP contribution in [-0.2, 0) is 6.54 Å². The molecule has 0 saturated carbocycles. The molecule has 2 radical (unpaired) electrons. The smallest absolute Gasteiger partial charge is 0.131 e. The summed E-state index contributed by atoms with van der Waals surface area (Å²) in [5.74, 6) is 0.649. The summed E-state index contributed by atoms with van der Waals surface area (Å²) in [7, 11) is 2.33. The molecule has 0 spiro atoms. The molecule has 1 aromatic carbocycles. The third-order valence-corrected chi connectivity index (χ3v) is 2.89. The molecule has 0 saturated heterocycles. The largest absolute Gasteiger partial charge is 0.280 e. The van der Waals surface area contributed by atoms with Crippen LogP contribution in [0, 0.1) is 0 Å². The van der Waals surface area contributed by atoms with E-state index in [9.17, 15) is 0 Å². The molecule has 0 fully saturated rings. The average molecular weight is 196 g/mol. The highest BCUT2D eigenvalue weighted by atomic mass is 15.1. The first-order chi connectivity index (χ1) is 7.34. The van der Waals surface area contributed by atoms with Gasteiger partial charge in [-0.15, -0.1) is 0 Å². The third-order valence-electron chi connectivity index (χ3n) is 2.89. The first-order valence-electron chi connectivity index (χ1n) is 5.36. The number of para-hydroxylation sites is 1. The quantitative estimate of drug-likeness (QED) is 0.473. The van der Waals surface area contributed by atoms with E-state index in [1.807, 2.05) is 6.07 Å². The van der Waals surface area contributed by atoms with Crippen LogP contribution in [0.4, 0.5) is 0 Å². The van der Waals surface area contributed by atoms with Crippen molar-refractivity contribution in [3.8, 4) is 5.69 Å². The summed E-state index contributed by atoms with van der Waals surface area (Å²) in [6, 6.07) is 10.5. The number of fused-ring (bicyclic) bond motifs is 1. The zero-order chi connectivity index (χ0) is 10.3. The lowest BCUT2D eigenvalue weighted by Crippen LogP contribution is -2.45. The van der Waals surface area contributed by atoms with Gasteiger partial charge in [0.15, 0.2) is 0 Å².